The maximum absolute atomic E-state index is 12.1. The van der Waals surface area contributed by atoms with E-state index < -0.39 is 5.91 Å². The number of carbonyl (C=O) groups excluding carboxylic acids is 2. The number of nitrogens with one attached hydrogen (secondary N) is 1. The van der Waals surface area contributed by atoms with Crippen LogP contribution in [0.1, 0.15) is 53.1 Å². The number of carbonyl (C=O) groups is 2. The number of nitrogens with two attached hydrogens (primary N) is 1. The molecule has 0 saturated heterocycles. The number of hydrogen-bond acceptors (Lipinski definition) is 3. The molecule has 3 N–H and O–H groups in total. The molecule has 104 valence electrons. The third kappa shape index (κ3) is 3.35. The van der Waals surface area contributed by atoms with Gasteiger partial charge in [-0.1, -0.05) is 13.8 Å². The number of amides is 2. The zero-order valence-corrected chi connectivity index (χ0v) is 12.1. The molecule has 19 heavy (non-hydrogen) atoms. The summed E-state index contributed by atoms with van der Waals surface area (Å²) in [6, 6.07) is 1.81. The Morgan fingerprint density at radius 1 is 1.37 bits per heavy atom. The maximum Gasteiger partial charge on any atom is 0.261 e. The summed E-state index contributed by atoms with van der Waals surface area (Å²) in [4.78, 5) is 23.7. The zero-order valence-electron chi connectivity index (χ0n) is 11.3. The van der Waals surface area contributed by atoms with Gasteiger partial charge in [0.15, 0.2) is 0 Å². The van der Waals surface area contributed by atoms with Gasteiger partial charge in [-0.3, -0.25) is 9.59 Å². The van der Waals surface area contributed by atoms with Gasteiger partial charge < -0.3 is 11.1 Å². The van der Waals surface area contributed by atoms with Gasteiger partial charge in [-0.15, -0.1) is 11.3 Å². The van der Waals surface area contributed by atoms with Crippen LogP contribution in [0.4, 0.5) is 0 Å². The van der Waals surface area contributed by atoms with E-state index in [0.29, 0.717) is 16.4 Å². The van der Waals surface area contributed by atoms with Crippen molar-refractivity contribution in [3.8, 4) is 0 Å². The highest BCUT2D eigenvalue weighted by atomic mass is 32.1. The van der Waals surface area contributed by atoms with Crippen molar-refractivity contribution in [2.75, 3.05) is 0 Å². The lowest BCUT2D eigenvalue weighted by Gasteiger charge is -2.33. The molecular formula is C14H20N2O2S. The van der Waals surface area contributed by atoms with Gasteiger partial charge in [0.1, 0.15) is 0 Å². The van der Waals surface area contributed by atoms with Crippen molar-refractivity contribution in [2.24, 2.45) is 17.6 Å². The van der Waals surface area contributed by atoms with E-state index in [1.807, 2.05) is 0 Å². The van der Waals surface area contributed by atoms with Crippen LogP contribution in [-0.4, -0.2) is 17.9 Å². The van der Waals surface area contributed by atoms with Gasteiger partial charge in [-0.05, 0) is 37.2 Å². The molecule has 1 fully saturated rings. The molecule has 3 atom stereocenters. The fourth-order valence-electron chi connectivity index (χ4n) is 2.70. The second-order valence-corrected chi connectivity index (χ2v) is 6.45. The first-order valence-corrected chi connectivity index (χ1v) is 7.54. The van der Waals surface area contributed by atoms with E-state index in [-0.39, 0.29) is 11.9 Å². The largest absolute Gasteiger partial charge is 0.366 e. The van der Waals surface area contributed by atoms with Crippen LogP contribution in [0.5, 0.6) is 0 Å². The van der Waals surface area contributed by atoms with Gasteiger partial charge in [-0.25, -0.2) is 0 Å². The third-order valence-corrected chi connectivity index (χ3v) is 4.78. The predicted molar refractivity (Wildman–Crippen MR) is 76.3 cm³/mol. The highest BCUT2D eigenvalue weighted by molar-refractivity contribution is 7.12. The molecule has 1 saturated carbocycles. The van der Waals surface area contributed by atoms with Crippen LogP contribution in [0.25, 0.3) is 0 Å². The Morgan fingerprint density at radius 3 is 2.68 bits per heavy atom. The van der Waals surface area contributed by atoms with Crippen molar-refractivity contribution in [2.45, 2.75) is 39.2 Å². The molecule has 1 heterocycles. The molecule has 0 aliphatic heterocycles. The summed E-state index contributed by atoms with van der Waals surface area (Å²) in [5.74, 6) is 0.661. The first kappa shape index (κ1) is 14.1. The molecule has 0 unspecified atom stereocenters. The highest BCUT2D eigenvalue weighted by Gasteiger charge is 2.27. The average molecular weight is 280 g/mol. The summed E-state index contributed by atoms with van der Waals surface area (Å²) in [6.07, 6.45) is 3.34. The van der Waals surface area contributed by atoms with Crippen LogP contribution in [0, 0.1) is 11.8 Å². The standard InChI is InChI=1S/C14H20N2O2S/c1-8-3-4-11(9(2)5-8)16-14(18)12-6-10(7-19-12)13(15)17/h6-9,11H,3-5H2,1-2H3,(H2,15,17)(H,16,18)/t8-,9-,11-/m1/s1. The van der Waals surface area contributed by atoms with Gasteiger partial charge in [0, 0.05) is 11.4 Å². The molecule has 2 amide bonds. The molecule has 0 spiro atoms. The van der Waals surface area contributed by atoms with Gasteiger partial charge in [-0.2, -0.15) is 0 Å². The van der Waals surface area contributed by atoms with Crippen LogP contribution >= 0.6 is 11.3 Å². The molecule has 1 aliphatic rings. The Hall–Kier alpha value is -1.36. The van der Waals surface area contributed by atoms with Gasteiger partial charge in [0.25, 0.3) is 5.91 Å². The Morgan fingerprint density at radius 2 is 2.11 bits per heavy atom. The van der Waals surface area contributed by atoms with Crippen molar-refractivity contribution in [3.05, 3.63) is 21.9 Å². The van der Waals surface area contributed by atoms with E-state index in [1.165, 1.54) is 11.3 Å². The fourth-order valence-corrected chi connectivity index (χ4v) is 3.50. The van der Waals surface area contributed by atoms with Crippen LogP contribution in [0.2, 0.25) is 0 Å². The first-order chi connectivity index (χ1) is 8.97. The minimum absolute atomic E-state index is 0.0936. The second-order valence-electron chi connectivity index (χ2n) is 5.54. The molecular weight excluding hydrogens is 260 g/mol. The highest BCUT2D eigenvalue weighted by Crippen LogP contribution is 2.29. The Bertz CT molecular complexity index is 484. The molecule has 4 nitrogen and oxygen atoms in total. The van der Waals surface area contributed by atoms with Crippen molar-refractivity contribution in [3.63, 3.8) is 0 Å². The lowest BCUT2D eigenvalue weighted by molar-refractivity contribution is 0.0903. The average Bonchev–Trinajstić information content (AvgIpc) is 2.82. The third-order valence-electron chi connectivity index (χ3n) is 3.86. The first-order valence-electron chi connectivity index (χ1n) is 6.66. The van der Waals surface area contributed by atoms with Crippen molar-refractivity contribution < 1.29 is 9.59 Å². The van der Waals surface area contributed by atoms with Crippen molar-refractivity contribution >= 4 is 23.2 Å². The Kier molecular flexibility index (Phi) is 4.24. The van der Waals surface area contributed by atoms with E-state index >= 15 is 0 Å². The smallest absolute Gasteiger partial charge is 0.261 e. The van der Waals surface area contributed by atoms with Gasteiger partial charge in [0.05, 0.1) is 10.4 Å². The van der Waals surface area contributed by atoms with Crippen LogP contribution in [-0.2, 0) is 0 Å². The minimum atomic E-state index is -0.491. The number of hydrogen-bond donors (Lipinski definition) is 2. The van der Waals surface area contributed by atoms with E-state index in [2.05, 4.69) is 19.2 Å². The predicted octanol–water partition coefficient (Wildman–Crippen LogP) is 2.40. The molecule has 1 aromatic rings. The van der Waals surface area contributed by atoms with E-state index in [0.717, 1.165) is 25.2 Å². The van der Waals surface area contributed by atoms with Crippen LogP contribution in [0.3, 0.4) is 0 Å². The van der Waals surface area contributed by atoms with Crippen molar-refractivity contribution in [1.29, 1.82) is 0 Å². The summed E-state index contributed by atoms with van der Waals surface area (Å²) >= 11 is 1.26. The summed E-state index contributed by atoms with van der Waals surface area (Å²) < 4.78 is 0. The molecule has 0 bridgehead atoms. The summed E-state index contributed by atoms with van der Waals surface area (Å²) in [6.45, 7) is 4.44. The summed E-state index contributed by atoms with van der Waals surface area (Å²) in [5.41, 5.74) is 5.59. The van der Waals surface area contributed by atoms with Gasteiger partial charge in [0.2, 0.25) is 5.91 Å². The van der Waals surface area contributed by atoms with Gasteiger partial charge >= 0.3 is 0 Å². The molecule has 1 aromatic heterocycles. The monoisotopic (exact) mass is 280 g/mol. The zero-order chi connectivity index (χ0) is 14.0. The maximum atomic E-state index is 12.1. The van der Waals surface area contributed by atoms with E-state index in [4.69, 9.17) is 5.73 Å². The van der Waals surface area contributed by atoms with Crippen LogP contribution in [0.15, 0.2) is 11.4 Å². The molecule has 0 aromatic carbocycles. The number of primary amides is 1. The van der Waals surface area contributed by atoms with E-state index in [9.17, 15) is 9.59 Å². The minimum Gasteiger partial charge on any atom is -0.366 e. The Balaban J connectivity index is 1.98. The lowest BCUT2D eigenvalue weighted by atomic mass is 9.80. The molecule has 1 aliphatic carbocycles. The number of rotatable bonds is 3. The molecule has 5 heteroatoms. The Labute approximate surface area is 117 Å². The SMILES string of the molecule is C[C@@H]1CC[C@@H](NC(=O)c2cc(C(N)=O)cs2)[C@H](C)C1. The van der Waals surface area contributed by atoms with Crippen LogP contribution < -0.4 is 11.1 Å². The second kappa shape index (κ2) is 5.74. The van der Waals surface area contributed by atoms with E-state index in [1.54, 1.807) is 11.4 Å². The quantitative estimate of drug-likeness (QED) is 0.892. The summed E-state index contributed by atoms with van der Waals surface area (Å²) in [7, 11) is 0. The molecule has 2 rings (SSSR count). The van der Waals surface area contributed by atoms with Crippen molar-refractivity contribution in [1.82, 2.24) is 5.32 Å². The number of thiophene rings is 1. The molecule has 0 radical (unpaired) electrons. The topological polar surface area (TPSA) is 72.2 Å². The lowest BCUT2D eigenvalue weighted by Crippen LogP contribution is -2.42. The fraction of sp³-hybridized carbons (Fsp3) is 0.571. The summed E-state index contributed by atoms with van der Waals surface area (Å²) in [5, 5.41) is 4.71. The normalized spacial score (nSPS) is 26.9.